The van der Waals surface area contributed by atoms with Gasteiger partial charge in [-0.2, -0.15) is 0 Å². The van der Waals surface area contributed by atoms with E-state index in [-0.39, 0.29) is 6.04 Å². The molecule has 2 heterocycles. The van der Waals surface area contributed by atoms with Crippen LogP contribution in [0.5, 0.6) is 0 Å². The highest BCUT2D eigenvalue weighted by Crippen LogP contribution is 2.20. The summed E-state index contributed by atoms with van der Waals surface area (Å²) in [4.78, 5) is 16.5. The lowest BCUT2D eigenvalue weighted by molar-refractivity contribution is -0.130. The third kappa shape index (κ3) is 3.19. The van der Waals surface area contributed by atoms with Crippen LogP contribution in [0.2, 0.25) is 0 Å². The fourth-order valence-corrected chi connectivity index (χ4v) is 2.91. The zero-order valence-corrected chi connectivity index (χ0v) is 11.1. The first-order valence-corrected chi connectivity index (χ1v) is 6.91. The molecule has 4 nitrogen and oxygen atoms in total. The molecular weight excluding hydrogens is 214 g/mol. The quantitative estimate of drug-likeness (QED) is 0.778. The Labute approximate surface area is 104 Å². The van der Waals surface area contributed by atoms with E-state index in [9.17, 15) is 4.79 Å². The lowest BCUT2D eigenvalue weighted by atomic mass is 9.97. The molecular formula is C13H25N3O. The van der Waals surface area contributed by atoms with Gasteiger partial charge in [-0.15, -0.1) is 0 Å². The molecule has 1 amide bonds. The highest BCUT2D eigenvalue weighted by molar-refractivity contribution is 5.83. The van der Waals surface area contributed by atoms with E-state index in [1.807, 2.05) is 0 Å². The maximum absolute atomic E-state index is 12.1. The van der Waals surface area contributed by atoms with E-state index < -0.39 is 0 Å². The van der Waals surface area contributed by atoms with E-state index in [1.54, 1.807) is 0 Å². The summed E-state index contributed by atoms with van der Waals surface area (Å²) in [5, 5.41) is 3.27. The third-order valence-corrected chi connectivity index (χ3v) is 4.06. The lowest BCUT2D eigenvalue weighted by Gasteiger charge is -2.31. The number of likely N-dealkylation sites (N-methyl/N-ethyl adjacent to an activating group) is 1. The van der Waals surface area contributed by atoms with Crippen molar-refractivity contribution in [3.8, 4) is 0 Å². The molecule has 2 saturated heterocycles. The van der Waals surface area contributed by atoms with Crippen LogP contribution in [0.3, 0.4) is 0 Å². The van der Waals surface area contributed by atoms with Crippen LogP contribution in [0.4, 0.5) is 0 Å². The number of piperidine rings is 1. The minimum absolute atomic E-state index is 0.0891. The molecule has 1 N–H and O–H groups in total. The second-order valence-electron chi connectivity index (χ2n) is 5.43. The SMILES string of the molecule is CCNC1CCN(CC2CCN(C)CC2)C1=O. The zero-order valence-electron chi connectivity index (χ0n) is 11.1. The van der Waals surface area contributed by atoms with Gasteiger partial charge < -0.3 is 15.1 Å². The molecule has 2 rings (SSSR count). The molecule has 0 aromatic carbocycles. The van der Waals surface area contributed by atoms with Crippen LogP contribution >= 0.6 is 0 Å². The van der Waals surface area contributed by atoms with Gasteiger partial charge in [0.15, 0.2) is 0 Å². The summed E-state index contributed by atoms with van der Waals surface area (Å²) in [6.45, 7) is 7.25. The van der Waals surface area contributed by atoms with Crippen LogP contribution in [0.1, 0.15) is 26.2 Å². The summed E-state index contributed by atoms with van der Waals surface area (Å²) in [6.07, 6.45) is 3.47. The first-order chi connectivity index (χ1) is 8.20. The maximum Gasteiger partial charge on any atom is 0.239 e. The van der Waals surface area contributed by atoms with Crippen LogP contribution in [-0.2, 0) is 4.79 Å². The summed E-state index contributed by atoms with van der Waals surface area (Å²) in [7, 11) is 2.18. The molecule has 0 radical (unpaired) electrons. The number of hydrogen-bond acceptors (Lipinski definition) is 3. The van der Waals surface area contributed by atoms with Gasteiger partial charge in [-0.25, -0.2) is 0 Å². The van der Waals surface area contributed by atoms with Gasteiger partial charge in [0.25, 0.3) is 0 Å². The first-order valence-electron chi connectivity index (χ1n) is 6.91. The van der Waals surface area contributed by atoms with E-state index in [4.69, 9.17) is 0 Å². The highest BCUT2D eigenvalue weighted by Gasteiger charge is 2.32. The number of carbonyl (C=O) groups is 1. The molecule has 4 heteroatoms. The van der Waals surface area contributed by atoms with Crippen molar-refractivity contribution in [2.45, 2.75) is 32.2 Å². The normalized spacial score (nSPS) is 28.0. The summed E-state index contributed by atoms with van der Waals surface area (Å²) < 4.78 is 0. The Morgan fingerprint density at radius 1 is 1.24 bits per heavy atom. The second-order valence-corrected chi connectivity index (χ2v) is 5.43. The van der Waals surface area contributed by atoms with Crippen LogP contribution < -0.4 is 5.32 Å². The molecule has 0 saturated carbocycles. The van der Waals surface area contributed by atoms with E-state index >= 15 is 0 Å². The summed E-state index contributed by atoms with van der Waals surface area (Å²) in [5.41, 5.74) is 0. The number of nitrogens with one attached hydrogen (secondary N) is 1. The van der Waals surface area contributed by atoms with Gasteiger partial charge in [-0.3, -0.25) is 4.79 Å². The first kappa shape index (κ1) is 12.8. The molecule has 2 aliphatic heterocycles. The standard InChI is InChI=1S/C13H25N3O/c1-3-14-12-6-9-16(13(12)17)10-11-4-7-15(2)8-5-11/h11-12,14H,3-10H2,1-2H3. The topological polar surface area (TPSA) is 35.6 Å². The maximum atomic E-state index is 12.1. The predicted molar refractivity (Wildman–Crippen MR) is 68.9 cm³/mol. The van der Waals surface area contributed by atoms with Gasteiger partial charge in [0.1, 0.15) is 0 Å². The molecule has 0 aromatic heterocycles. The van der Waals surface area contributed by atoms with Crippen molar-refractivity contribution in [1.29, 1.82) is 0 Å². The predicted octanol–water partition coefficient (Wildman–Crippen LogP) is 0.539. The molecule has 0 aromatic rings. The largest absolute Gasteiger partial charge is 0.341 e. The van der Waals surface area contributed by atoms with E-state index in [0.717, 1.165) is 32.0 Å². The van der Waals surface area contributed by atoms with Crippen molar-refractivity contribution in [2.24, 2.45) is 5.92 Å². The second kappa shape index (κ2) is 5.83. The Hall–Kier alpha value is -0.610. The fraction of sp³-hybridized carbons (Fsp3) is 0.923. The third-order valence-electron chi connectivity index (χ3n) is 4.06. The zero-order chi connectivity index (χ0) is 12.3. The number of likely N-dealkylation sites (tertiary alicyclic amines) is 2. The summed E-state index contributed by atoms with van der Waals surface area (Å²) >= 11 is 0. The van der Waals surface area contributed by atoms with Crippen molar-refractivity contribution in [3.63, 3.8) is 0 Å². The number of carbonyl (C=O) groups excluding carboxylic acids is 1. The highest BCUT2D eigenvalue weighted by atomic mass is 16.2. The fourth-order valence-electron chi connectivity index (χ4n) is 2.91. The molecule has 0 bridgehead atoms. The Balaban J connectivity index is 1.78. The van der Waals surface area contributed by atoms with Crippen LogP contribution in [-0.4, -0.2) is 61.5 Å². The van der Waals surface area contributed by atoms with Crippen molar-refractivity contribution in [1.82, 2.24) is 15.1 Å². The van der Waals surface area contributed by atoms with Gasteiger partial charge in [-0.1, -0.05) is 6.92 Å². The molecule has 1 atom stereocenters. The van der Waals surface area contributed by atoms with Gasteiger partial charge in [-0.05, 0) is 51.9 Å². The number of hydrogen-bond donors (Lipinski definition) is 1. The Bertz CT molecular complexity index is 261. The summed E-state index contributed by atoms with van der Waals surface area (Å²) in [5.74, 6) is 1.04. The van der Waals surface area contributed by atoms with E-state index in [0.29, 0.717) is 5.91 Å². The van der Waals surface area contributed by atoms with Crippen molar-refractivity contribution in [2.75, 3.05) is 39.8 Å². The minimum Gasteiger partial charge on any atom is -0.341 e. The van der Waals surface area contributed by atoms with Gasteiger partial charge in [0.2, 0.25) is 5.91 Å². The monoisotopic (exact) mass is 239 g/mol. The Morgan fingerprint density at radius 3 is 2.59 bits per heavy atom. The van der Waals surface area contributed by atoms with Crippen molar-refractivity contribution in [3.05, 3.63) is 0 Å². The lowest BCUT2D eigenvalue weighted by Crippen LogP contribution is -2.41. The van der Waals surface area contributed by atoms with Crippen LogP contribution in [0.15, 0.2) is 0 Å². The molecule has 98 valence electrons. The Morgan fingerprint density at radius 2 is 1.94 bits per heavy atom. The number of nitrogens with zero attached hydrogens (tertiary/aromatic N) is 2. The average Bonchev–Trinajstić information content (AvgIpc) is 2.65. The molecule has 2 fully saturated rings. The smallest absolute Gasteiger partial charge is 0.239 e. The molecule has 2 aliphatic rings. The van der Waals surface area contributed by atoms with Crippen LogP contribution in [0, 0.1) is 5.92 Å². The van der Waals surface area contributed by atoms with Gasteiger partial charge >= 0.3 is 0 Å². The molecule has 1 unspecified atom stereocenters. The van der Waals surface area contributed by atoms with Crippen molar-refractivity contribution >= 4 is 5.91 Å². The molecule has 0 aliphatic carbocycles. The van der Waals surface area contributed by atoms with Gasteiger partial charge in [0.05, 0.1) is 6.04 Å². The van der Waals surface area contributed by atoms with E-state index in [1.165, 1.54) is 25.9 Å². The van der Waals surface area contributed by atoms with Crippen LogP contribution in [0.25, 0.3) is 0 Å². The van der Waals surface area contributed by atoms with Gasteiger partial charge in [0, 0.05) is 13.1 Å². The average molecular weight is 239 g/mol. The van der Waals surface area contributed by atoms with E-state index in [2.05, 4.69) is 29.1 Å². The summed E-state index contributed by atoms with van der Waals surface area (Å²) in [6, 6.07) is 0.0891. The van der Waals surface area contributed by atoms with Crippen molar-refractivity contribution < 1.29 is 4.79 Å². The molecule has 17 heavy (non-hydrogen) atoms. The number of rotatable bonds is 4. The molecule has 0 spiro atoms. The number of amides is 1. The Kier molecular flexibility index (Phi) is 4.40. The minimum atomic E-state index is 0.0891.